The van der Waals surface area contributed by atoms with Gasteiger partial charge in [0.1, 0.15) is 0 Å². The molecule has 0 saturated carbocycles. The minimum atomic E-state index is -3.63. The Balaban J connectivity index is 2.82. The molecule has 0 spiro atoms. The molecule has 5 heteroatoms. The molecule has 0 saturated heterocycles. The van der Waals surface area contributed by atoms with Gasteiger partial charge in [-0.1, -0.05) is 0 Å². The fraction of sp³-hybridized carbons (Fsp3) is 0. The fourth-order valence-corrected chi connectivity index (χ4v) is 1.24. The van der Waals surface area contributed by atoms with Gasteiger partial charge in [-0.05, 0) is 0 Å². The standard InChI is InChI=1S/C6H5O3S.Fe/c7-10(8)9-6-4-2-1-3-5-6;/h1-5H;. The number of rotatable bonds is 2. The molecular formula is C6H5FeO3S. The molecule has 0 amide bonds. The summed E-state index contributed by atoms with van der Waals surface area (Å²) >= 11 is 2.82. The van der Waals surface area contributed by atoms with E-state index >= 15 is 0 Å². The molecule has 0 radical (unpaired) electrons. The summed E-state index contributed by atoms with van der Waals surface area (Å²) in [6.45, 7) is 0. The molecule has 0 N–H and O–H groups in total. The molecule has 0 fully saturated rings. The van der Waals surface area contributed by atoms with Gasteiger partial charge in [-0.3, -0.25) is 0 Å². The van der Waals surface area contributed by atoms with Crippen LogP contribution in [-0.2, 0) is 23.4 Å². The maximum atomic E-state index is 10.5. The number of benzene rings is 1. The zero-order valence-corrected chi connectivity index (χ0v) is 7.29. The van der Waals surface area contributed by atoms with Crippen LogP contribution in [0, 0.1) is 0 Å². The van der Waals surface area contributed by atoms with Gasteiger partial charge in [-0.15, -0.1) is 0 Å². The van der Waals surface area contributed by atoms with Crippen molar-refractivity contribution in [2.75, 3.05) is 0 Å². The van der Waals surface area contributed by atoms with Crippen molar-refractivity contribution < 1.29 is 27.5 Å². The van der Waals surface area contributed by atoms with E-state index in [0.717, 1.165) is 0 Å². The van der Waals surface area contributed by atoms with Crippen LogP contribution >= 0.6 is 0 Å². The van der Waals surface area contributed by atoms with Crippen molar-refractivity contribution in [1.29, 1.82) is 0 Å². The second-order valence-electron chi connectivity index (χ2n) is 1.78. The van der Waals surface area contributed by atoms with Gasteiger partial charge in [0.2, 0.25) is 0 Å². The van der Waals surface area contributed by atoms with Crippen LogP contribution in [0.1, 0.15) is 0 Å². The van der Waals surface area contributed by atoms with Gasteiger partial charge in [-0.2, -0.15) is 0 Å². The Kier molecular flexibility index (Phi) is 2.54. The summed E-state index contributed by atoms with van der Waals surface area (Å²) < 4.78 is 25.4. The van der Waals surface area contributed by atoms with E-state index in [0.29, 0.717) is 0 Å². The summed E-state index contributed by atoms with van der Waals surface area (Å²) in [4.78, 5) is 0. The third kappa shape index (κ3) is 3.41. The van der Waals surface area contributed by atoms with Crippen molar-refractivity contribution in [2.24, 2.45) is 0 Å². The quantitative estimate of drug-likeness (QED) is 0.684. The molecule has 11 heavy (non-hydrogen) atoms. The van der Waals surface area contributed by atoms with Crippen molar-refractivity contribution >= 4 is 8.54 Å². The zero-order valence-electron chi connectivity index (χ0n) is 5.37. The Morgan fingerprint density at radius 3 is 2.18 bits per heavy atom. The summed E-state index contributed by atoms with van der Waals surface area (Å²) in [5.41, 5.74) is 0. The van der Waals surface area contributed by atoms with E-state index < -0.39 is 8.54 Å². The molecular weight excluding hydrogens is 208 g/mol. The van der Waals surface area contributed by atoms with Gasteiger partial charge < -0.3 is 0 Å². The van der Waals surface area contributed by atoms with Gasteiger partial charge in [0.05, 0.1) is 0 Å². The SMILES string of the molecule is O=[S](=O)([Fe])Oc1ccccc1. The van der Waals surface area contributed by atoms with E-state index in [9.17, 15) is 8.42 Å². The third-order valence-corrected chi connectivity index (χ3v) is 1.60. The third-order valence-electron chi connectivity index (χ3n) is 0.937. The second-order valence-corrected chi connectivity index (χ2v) is 4.36. The molecule has 0 aromatic heterocycles. The summed E-state index contributed by atoms with van der Waals surface area (Å²) in [7, 11) is -3.63. The Morgan fingerprint density at radius 1 is 1.18 bits per heavy atom. The van der Waals surface area contributed by atoms with Crippen molar-refractivity contribution in [3.8, 4) is 5.75 Å². The van der Waals surface area contributed by atoms with Crippen molar-refractivity contribution in [3.05, 3.63) is 30.3 Å². The first kappa shape index (κ1) is 8.58. The zero-order chi connectivity index (χ0) is 8.32. The van der Waals surface area contributed by atoms with Crippen LogP contribution < -0.4 is 4.18 Å². The van der Waals surface area contributed by atoms with E-state index in [2.05, 4.69) is 19.1 Å². The fourth-order valence-electron chi connectivity index (χ4n) is 0.589. The molecule has 0 atom stereocenters. The van der Waals surface area contributed by atoms with Crippen LogP contribution in [0.5, 0.6) is 5.75 Å². The molecule has 3 nitrogen and oxygen atoms in total. The topological polar surface area (TPSA) is 43.4 Å². The predicted molar refractivity (Wildman–Crippen MR) is 36.0 cm³/mol. The summed E-state index contributed by atoms with van der Waals surface area (Å²) in [5.74, 6) is 0.280. The Bertz CT molecular complexity index is 319. The first-order valence-corrected chi connectivity index (χ1v) is 5.40. The van der Waals surface area contributed by atoms with Crippen LogP contribution in [0.15, 0.2) is 30.3 Å². The van der Waals surface area contributed by atoms with E-state index in [-0.39, 0.29) is 5.75 Å². The van der Waals surface area contributed by atoms with E-state index in [4.69, 9.17) is 0 Å². The van der Waals surface area contributed by atoms with E-state index in [1.54, 1.807) is 30.3 Å². The van der Waals surface area contributed by atoms with Crippen molar-refractivity contribution in [3.63, 3.8) is 0 Å². The van der Waals surface area contributed by atoms with Gasteiger partial charge in [-0.25, -0.2) is 0 Å². The van der Waals surface area contributed by atoms with E-state index in [1.165, 1.54) is 0 Å². The molecule has 1 aromatic rings. The van der Waals surface area contributed by atoms with Gasteiger partial charge in [0.25, 0.3) is 0 Å². The molecule has 1 aromatic carbocycles. The second kappa shape index (κ2) is 3.26. The normalized spacial score (nSPS) is 11.0. The molecule has 0 heterocycles. The Hall–Kier alpha value is -0.511. The van der Waals surface area contributed by atoms with Gasteiger partial charge in [0.15, 0.2) is 0 Å². The number of para-hydroxylation sites is 1. The molecule has 1 rings (SSSR count). The van der Waals surface area contributed by atoms with Crippen molar-refractivity contribution in [1.82, 2.24) is 0 Å². The summed E-state index contributed by atoms with van der Waals surface area (Å²) in [6.07, 6.45) is 0. The minimum absolute atomic E-state index is 0.280. The Morgan fingerprint density at radius 2 is 1.73 bits per heavy atom. The Labute approximate surface area is 72.4 Å². The van der Waals surface area contributed by atoms with Crippen LogP contribution in [0.25, 0.3) is 0 Å². The molecule has 0 aliphatic rings. The summed E-state index contributed by atoms with van der Waals surface area (Å²) in [6, 6.07) is 8.22. The predicted octanol–water partition coefficient (Wildman–Crippen LogP) is 0.857. The van der Waals surface area contributed by atoms with Gasteiger partial charge >= 0.3 is 72.1 Å². The molecule has 0 aliphatic heterocycles. The molecule has 0 unspecified atom stereocenters. The molecule has 61 valence electrons. The monoisotopic (exact) mass is 213 g/mol. The number of hydrogen-bond acceptors (Lipinski definition) is 3. The first-order chi connectivity index (χ1) is 5.08. The van der Waals surface area contributed by atoms with Crippen LogP contribution in [-0.4, -0.2) is 8.42 Å². The average molecular weight is 213 g/mol. The number of hydrogen-bond donors (Lipinski definition) is 0. The molecule has 0 bridgehead atoms. The van der Waals surface area contributed by atoms with Crippen LogP contribution in [0.3, 0.4) is 0 Å². The summed E-state index contributed by atoms with van der Waals surface area (Å²) in [5, 5.41) is 0. The van der Waals surface area contributed by atoms with Crippen molar-refractivity contribution in [2.45, 2.75) is 0 Å². The van der Waals surface area contributed by atoms with E-state index in [1.807, 2.05) is 0 Å². The van der Waals surface area contributed by atoms with Gasteiger partial charge in [0, 0.05) is 0 Å². The van der Waals surface area contributed by atoms with Crippen LogP contribution in [0.4, 0.5) is 0 Å². The molecule has 0 aliphatic carbocycles. The van der Waals surface area contributed by atoms with Crippen LogP contribution in [0.2, 0.25) is 0 Å². The maximum absolute atomic E-state index is 10.5. The average Bonchev–Trinajstić information content (AvgIpc) is 1.85. The first-order valence-electron chi connectivity index (χ1n) is 2.76.